The Bertz CT molecular complexity index is 1280. The third-order valence-electron chi connectivity index (χ3n) is 4.21. The second kappa shape index (κ2) is 9.56. The second-order valence-corrected chi connectivity index (χ2v) is 9.00. The molecule has 3 aromatic rings. The summed E-state index contributed by atoms with van der Waals surface area (Å²) in [5.74, 6) is -0.593. The topological polar surface area (TPSA) is 123 Å². The molecule has 0 saturated carbocycles. The van der Waals surface area contributed by atoms with Crippen molar-refractivity contribution in [2.45, 2.75) is 24.9 Å². The average Bonchev–Trinajstić information content (AvgIpc) is 2.75. The first-order valence-corrected chi connectivity index (χ1v) is 11.1. The third-order valence-corrected chi connectivity index (χ3v) is 6.50. The zero-order valence-electron chi connectivity index (χ0n) is 16.2. The summed E-state index contributed by atoms with van der Waals surface area (Å²) in [6, 6.07) is 7.86. The number of hydrogen-bond acceptors (Lipinski definition) is 6. The van der Waals surface area contributed by atoms with Crippen molar-refractivity contribution in [3.63, 3.8) is 0 Å². The van der Waals surface area contributed by atoms with E-state index < -0.39 is 28.0 Å². The van der Waals surface area contributed by atoms with Crippen LogP contribution < -0.4 is 15.6 Å². The first-order chi connectivity index (χ1) is 14.7. The van der Waals surface area contributed by atoms with E-state index in [9.17, 15) is 18.0 Å². The van der Waals surface area contributed by atoms with Crippen LogP contribution in [0.1, 0.15) is 11.1 Å². The van der Waals surface area contributed by atoms with Crippen LogP contribution in [-0.4, -0.2) is 29.1 Å². The molecule has 2 aromatic heterocycles. The molecular weight excluding hydrogens is 465 g/mol. The summed E-state index contributed by atoms with van der Waals surface area (Å²) in [5.41, 5.74) is 0.785. The minimum Gasteiger partial charge on any atom is -0.324 e. The molecule has 0 radical (unpaired) electrons. The Morgan fingerprint density at radius 3 is 2.58 bits per heavy atom. The number of sulfonamides is 1. The maximum atomic E-state index is 12.7. The fourth-order valence-corrected chi connectivity index (χ4v) is 4.18. The van der Waals surface area contributed by atoms with Crippen molar-refractivity contribution in [3.8, 4) is 0 Å². The number of hydrogen-bond donors (Lipinski definition) is 2. The highest BCUT2D eigenvalue weighted by Gasteiger charge is 2.18. The quantitative estimate of drug-likeness (QED) is 0.533. The van der Waals surface area contributed by atoms with Crippen molar-refractivity contribution in [2.24, 2.45) is 0 Å². The van der Waals surface area contributed by atoms with Gasteiger partial charge in [-0.05, 0) is 42.3 Å². The molecule has 2 heterocycles. The lowest BCUT2D eigenvalue weighted by atomic mass is 10.2. The van der Waals surface area contributed by atoms with Crippen molar-refractivity contribution in [1.29, 1.82) is 0 Å². The smallest absolute Gasteiger partial charge is 0.287 e. The second-order valence-electron chi connectivity index (χ2n) is 6.48. The number of carbonyl (C=O) groups excluding carboxylic acids is 1. The summed E-state index contributed by atoms with van der Waals surface area (Å²) >= 11 is 11.5. The van der Waals surface area contributed by atoms with Gasteiger partial charge in [0.15, 0.2) is 0 Å². The molecule has 12 heteroatoms. The number of nitrogens with zero attached hydrogens (tertiary/aromatic N) is 3. The summed E-state index contributed by atoms with van der Waals surface area (Å²) in [7, 11) is -3.84. The Labute approximate surface area is 188 Å². The molecule has 0 aliphatic carbocycles. The van der Waals surface area contributed by atoms with Gasteiger partial charge in [0.25, 0.3) is 5.56 Å². The van der Waals surface area contributed by atoms with Gasteiger partial charge in [0.2, 0.25) is 15.9 Å². The van der Waals surface area contributed by atoms with Gasteiger partial charge in [-0.3, -0.25) is 14.6 Å². The Morgan fingerprint density at radius 2 is 1.87 bits per heavy atom. The van der Waals surface area contributed by atoms with Gasteiger partial charge in [0, 0.05) is 24.6 Å². The molecule has 0 atom stereocenters. The van der Waals surface area contributed by atoms with E-state index in [0.29, 0.717) is 5.56 Å². The zero-order valence-corrected chi connectivity index (χ0v) is 18.5. The highest BCUT2D eigenvalue weighted by molar-refractivity contribution is 7.89. The maximum absolute atomic E-state index is 12.7. The molecule has 0 spiro atoms. The number of anilines is 1. The van der Waals surface area contributed by atoms with Crippen LogP contribution in [0.4, 0.5) is 5.69 Å². The fourth-order valence-electron chi connectivity index (χ4n) is 2.62. The van der Waals surface area contributed by atoms with Crippen LogP contribution >= 0.6 is 23.2 Å². The summed E-state index contributed by atoms with van der Waals surface area (Å²) in [6.45, 7) is 1.31. The number of benzene rings is 1. The third kappa shape index (κ3) is 5.67. The van der Waals surface area contributed by atoms with Crippen LogP contribution in [-0.2, 0) is 27.9 Å². The highest BCUT2D eigenvalue weighted by atomic mass is 35.5. The number of aryl methyl sites for hydroxylation is 1. The first kappa shape index (κ1) is 22.9. The number of carbonyl (C=O) groups is 1. The lowest BCUT2D eigenvalue weighted by Gasteiger charge is -2.12. The molecular formula is C19H17Cl2N5O4S. The summed E-state index contributed by atoms with van der Waals surface area (Å²) in [4.78, 5) is 28.2. The predicted octanol–water partition coefficient (Wildman–Crippen LogP) is 2.37. The van der Waals surface area contributed by atoms with E-state index in [2.05, 4.69) is 20.1 Å². The highest BCUT2D eigenvalue weighted by Crippen LogP contribution is 2.21. The van der Waals surface area contributed by atoms with E-state index in [4.69, 9.17) is 23.2 Å². The number of amides is 1. The van der Waals surface area contributed by atoms with E-state index in [1.807, 2.05) is 0 Å². The normalized spacial score (nSPS) is 11.3. The molecule has 2 N–H and O–H groups in total. The summed E-state index contributed by atoms with van der Waals surface area (Å²) < 4.78 is 28.9. The number of halogens is 2. The van der Waals surface area contributed by atoms with Gasteiger partial charge in [-0.2, -0.15) is 5.10 Å². The van der Waals surface area contributed by atoms with Gasteiger partial charge < -0.3 is 5.32 Å². The average molecular weight is 482 g/mol. The lowest BCUT2D eigenvalue weighted by molar-refractivity contribution is -0.117. The maximum Gasteiger partial charge on any atom is 0.287 e. The molecule has 0 fully saturated rings. The Hall–Kier alpha value is -2.79. The standard InChI is InChI=1S/C19H17Cl2N5O4S/c1-12-2-3-14(25-17(27)11-26-19(28)18(21)15(20)10-23-26)8-16(12)31(29,30)24-9-13-4-6-22-7-5-13/h2-8,10,24H,9,11H2,1H3,(H,25,27). The minimum absolute atomic E-state index is 0.0176. The predicted molar refractivity (Wildman–Crippen MR) is 117 cm³/mol. The van der Waals surface area contributed by atoms with E-state index in [0.717, 1.165) is 16.4 Å². The number of aromatic nitrogens is 3. The van der Waals surface area contributed by atoms with Crippen molar-refractivity contribution in [1.82, 2.24) is 19.5 Å². The molecule has 0 bridgehead atoms. The van der Waals surface area contributed by atoms with Gasteiger partial charge >= 0.3 is 0 Å². The Kier molecular flexibility index (Phi) is 7.06. The first-order valence-electron chi connectivity index (χ1n) is 8.87. The van der Waals surface area contributed by atoms with Crippen LogP contribution in [0.5, 0.6) is 0 Å². The molecule has 0 aliphatic heterocycles. The number of nitrogens with one attached hydrogen (secondary N) is 2. The molecule has 162 valence electrons. The minimum atomic E-state index is -3.84. The fraction of sp³-hybridized carbons (Fsp3) is 0.158. The number of rotatable bonds is 7. The van der Waals surface area contributed by atoms with Crippen LogP contribution in [0.25, 0.3) is 0 Å². The molecule has 0 saturated heterocycles. The molecule has 1 aromatic carbocycles. The largest absolute Gasteiger partial charge is 0.324 e. The van der Waals surface area contributed by atoms with Crippen molar-refractivity contribution >= 4 is 44.8 Å². The van der Waals surface area contributed by atoms with Gasteiger partial charge in [0.05, 0.1) is 16.1 Å². The summed E-state index contributed by atoms with van der Waals surface area (Å²) in [5, 5.41) is 6.05. The Balaban J connectivity index is 1.75. The van der Waals surface area contributed by atoms with Crippen LogP contribution in [0.2, 0.25) is 10.0 Å². The van der Waals surface area contributed by atoms with E-state index in [-0.39, 0.29) is 27.2 Å². The number of pyridine rings is 1. The molecule has 0 unspecified atom stereocenters. The monoisotopic (exact) mass is 481 g/mol. The molecule has 31 heavy (non-hydrogen) atoms. The Morgan fingerprint density at radius 1 is 1.16 bits per heavy atom. The van der Waals surface area contributed by atoms with E-state index in [1.165, 1.54) is 6.07 Å². The molecule has 9 nitrogen and oxygen atoms in total. The van der Waals surface area contributed by atoms with E-state index >= 15 is 0 Å². The molecule has 1 amide bonds. The molecule has 0 aliphatic rings. The zero-order chi connectivity index (χ0) is 22.6. The van der Waals surface area contributed by atoms with Crippen molar-refractivity contribution < 1.29 is 13.2 Å². The SMILES string of the molecule is Cc1ccc(NC(=O)Cn2ncc(Cl)c(Cl)c2=O)cc1S(=O)(=O)NCc1ccncc1. The van der Waals surface area contributed by atoms with Gasteiger partial charge in [-0.25, -0.2) is 17.8 Å². The van der Waals surface area contributed by atoms with Crippen molar-refractivity contribution in [3.05, 3.63) is 80.4 Å². The van der Waals surface area contributed by atoms with Crippen LogP contribution in [0.3, 0.4) is 0 Å². The van der Waals surface area contributed by atoms with Gasteiger partial charge in [-0.15, -0.1) is 0 Å². The van der Waals surface area contributed by atoms with Crippen LogP contribution in [0, 0.1) is 6.92 Å². The van der Waals surface area contributed by atoms with Gasteiger partial charge in [-0.1, -0.05) is 29.3 Å². The van der Waals surface area contributed by atoms with Gasteiger partial charge in [0.1, 0.15) is 11.6 Å². The van der Waals surface area contributed by atoms with E-state index in [1.54, 1.807) is 43.6 Å². The molecule has 3 rings (SSSR count). The lowest BCUT2D eigenvalue weighted by Crippen LogP contribution is -2.30. The van der Waals surface area contributed by atoms with Crippen molar-refractivity contribution in [2.75, 3.05) is 5.32 Å². The van der Waals surface area contributed by atoms with Crippen LogP contribution in [0.15, 0.2) is 58.6 Å². The summed E-state index contributed by atoms with van der Waals surface area (Å²) in [6.07, 6.45) is 4.29.